The number of carbonyl (C=O) groups is 3. The minimum absolute atomic E-state index is 0.307. The van der Waals surface area contributed by atoms with Gasteiger partial charge in [-0.25, -0.2) is 0 Å². The van der Waals surface area contributed by atoms with Crippen molar-refractivity contribution in [2.24, 2.45) is 0 Å². The second-order valence-corrected chi connectivity index (χ2v) is 3.02. The van der Waals surface area contributed by atoms with E-state index in [1.165, 1.54) is 6.92 Å². The largest absolute Gasteiger partial charge is 0.455 e. The van der Waals surface area contributed by atoms with E-state index in [2.05, 4.69) is 9.47 Å². The topological polar surface area (TPSA) is 89.9 Å². The van der Waals surface area contributed by atoms with Gasteiger partial charge >= 0.3 is 11.9 Å². The molecule has 0 aliphatic rings. The molecule has 0 radical (unpaired) electrons. The van der Waals surface area contributed by atoms with Crippen LogP contribution in [-0.2, 0) is 23.9 Å². The van der Waals surface area contributed by atoms with E-state index in [4.69, 9.17) is 0 Å². The Balaban J connectivity index is 4.61. The Morgan fingerprint density at radius 3 is 1.93 bits per heavy atom. The lowest BCUT2D eigenvalue weighted by Crippen LogP contribution is -2.42. The molecule has 0 amide bonds. The van der Waals surface area contributed by atoms with E-state index in [0.29, 0.717) is 6.29 Å². The van der Waals surface area contributed by atoms with Crippen LogP contribution in [0.25, 0.3) is 0 Å². The predicted molar refractivity (Wildman–Crippen MR) is 48.9 cm³/mol. The highest BCUT2D eigenvalue weighted by Crippen LogP contribution is 2.08. The van der Waals surface area contributed by atoms with E-state index in [1.807, 2.05) is 0 Å². The van der Waals surface area contributed by atoms with Gasteiger partial charge in [0.15, 0.2) is 18.5 Å². The quantitative estimate of drug-likeness (QED) is 0.491. The molecule has 0 unspecified atom stereocenters. The summed E-state index contributed by atoms with van der Waals surface area (Å²) in [7, 11) is 0. The SMILES string of the molecule is CC(=O)O[C@@H]([C@@H](C)O)[C@@H](C=O)OC(C)=O. The van der Waals surface area contributed by atoms with E-state index in [1.54, 1.807) is 0 Å². The van der Waals surface area contributed by atoms with Crippen LogP contribution in [-0.4, -0.2) is 41.6 Å². The number of aliphatic hydroxyl groups excluding tert-OH is 1. The van der Waals surface area contributed by atoms with E-state index in [9.17, 15) is 19.5 Å². The molecule has 0 aromatic heterocycles. The minimum Gasteiger partial charge on any atom is -0.455 e. The van der Waals surface area contributed by atoms with Gasteiger partial charge in [-0.1, -0.05) is 0 Å². The molecule has 15 heavy (non-hydrogen) atoms. The molecule has 0 aliphatic heterocycles. The van der Waals surface area contributed by atoms with Gasteiger partial charge in [0.2, 0.25) is 0 Å². The molecule has 3 atom stereocenters. The van der Waals surface area contributed by atoms with Crippen molar-refractivity contribution in [3.05, 3.63) is 0 Å². The number of aliphatic hydroxyl groups is 1. The lowest BCUT2D eigenvalue weighted by molar-refractivity contribution is -0.173. The van der Waals surface area contributed by atoms with Gasteiger partial charge in [0.1, 0.15) is 0 Å². The molecular formula is C9H14O6. The molecule has 6 heteroatoms. The van der Waals surface area contributed by atoms with Crippen LogP contribution in [0, 0.1) is 0 Å². The van der Waals surface area contributed by atoms with Crippen molar-refractivity contribution in [2.75, 3.05) is 0 Å². The Hall–Kier alpha value is -1.43. The van der Waals surface area contributed by atoms with Crippen LogP contribution >= 0.6 is 0 Å². The van der Waals surface area contributed by atoms with Crippen molar-refractivity contribution in [1.29, 1.82) is 0 Å². The van der Waals surface area contributed by atoms with Crippen LogP contribution in [0.4, 0.5) is 0 Å². The van der Waals surface area contributed by atoms with Crippen LogP contribution in [0.15, 0.2) is 0 Å². The number of carbonyl (C=O) groups excluding carboxylic acids is 3. The summed E-state index contributed by atoms with van der Waals surface area (Å²) in [5.74, 6) is -1.36. The van der Waals surface area contributed by atoms with Crippen molar-refractivity contribution in [1.82, 2.24) is 0 Å². The van der Waals surface area contributed by atoms with Crippen LogP contribution in [0.1, 0.15) is 20.8 Å². The summed E-state index contributed by atoms with van der Waals surface area (Å²) < 4.78 is 9.25. The molecule has 0 bridgehead atoms. The number of rotatable bonds is 5. The molecule has 0 saturated heterocycles. The smallest absolute Gasteiger partial charge is 0.303 e. The fourth-order valence-corrected chi connectivity index (χ4v) is 0.996. The first-order chi connectivity index (χ1) is 6.88. The van der Waals surface area contributed by atoms with Gasteiger partial charge < -0.3 is 14.6 Å². The molecule has 0 heterocycles. The van der Waals surface area contributed by atoms with Crippen molar-refractivity contribution in [3.63, 3.8) is 0 Å². The Morgan fingerprint density at radius 1 is 1.20 bits per heavy atom. The fraction of sp³-hybridized carbons (Fsp3) is 0.667. The van der Waals surface area contributed by atoms with Crippen LogP contribution in [0.3, 0.4) is 0 Å². The van der Waals surface area contributed by atoms with Gasteiger partial charge in [-0.05, 0) is 6.92 Å². The third-order valence-electron chi connectivity index (χ3n) is 1.54. The first kappa shape index (κ1) is 13.6. The highest BCUT2D eigenvalue weighted by atomic mass is 16.6. The van der Waals surface area contributed by atoms with Crippen molar-refractivity contribution >= 4 is 18.2 Å². The zero-order chi connectivity index (χ0) is 12.0. The molecule has 0 spiro atoms. The van der Waals surface area contributed by atoms with Gasteiger partial charge in [-0.15, -0.1) is 0 Å². The summed E-state index contributed by atoms with van der Waals surface area (Å²) in [6, 6.07) is 0. The van der Waals surface area contributed by atoms with E-state index in [0.717, 1.165) is 13.8 Å². The Bertz CT molecular complexity index is 247. The number of hydrogen-bond acceptors (Lipinski definition) is 6. The summed E-state index contributed by atoms with van der Waals surface area (Å²) >= 11 is 0. The summed E-state index contributed by atoms with van der Waals surface area (Å²) in [6.07, 6.45) is -3.26. The third-order valence-corrected chi connectivity index (χ3v) is 1.54. The van der Waals surface area contributed by atoms with Gasteiger partial charge in [0, 0.05) is 13.8 Å². The number of esters is 2. The molecule has 0 fully saturated rings. The molecule has 86 valence electrons. The molecule has 0 aliphatic carbocycles. The molecule has 0 rings (SSSR count). The van der Waals surface area contributed by atoms with Crippen LogP contribution < -0.4 is 0 Å². The molecule has 6 nitrogen and oxygen atoms in total. The van der Waals surface area contributed by atoms with Crippen LogP contribution in [0.5, 0.6) is 0 Å². The summed E-state index contributed by atoms with van der Waals surface area (Å²) in [5, 5.41) is 9.25. The molecule has 0 aromatic rings. The summed E-state index contributed by atoms with van der Waals surface area (Å²) in [5.41, 5.74) is 0. The van der Waals surface area contributed by atoms with Crippen molar-refractivity contribution in [3.8, 4) is 0 Å². The zero-order valence-corrected chi connectivity index (χ0v) is 8.80. The van der Waals surface area contributed by atoms with Gasteiger partial charge in [0.05, 0.1) is 6.10 Å². The average molecular weight is 218 g/mol. The first-order valence-electron chi connectivity index (χ1n) is 4.36. The lowest BCUT2D eigenvalue weighted by Gasteiger charge is -2.24. The standard InChI is InChI=1S/C9H14O6/c1-5(11)9(15-7(3)13)8(4-10)14-6(2)12/h4-5,8-9,11H,1-3H3/t5-,8-,9+/m1/s1. The Kier molecular flexibility index (Phi) is 5.54. The van der Waals surface area contributed by atoms with Crippen LogP contribution in [0.2, 0.25) is 0 Å². The molecular weight excluding hydrogens is 204 g/mol. The van der Waals surface area contributed by atoms with Crippen molar-refractivity contribution in [2.45, 2.75) is 39.1 Å². The Labute approximate surface area is 87.2 Å². The average Bonchev–Trinajstić information content (AvgIpc) is 2.09. The summed E-state index contributed by atoms with van der Waals surface area (Å²) in [4.78, 5) is 31.9. The Morgan fingerprint density at radius 2 is 1.67 bits per heavy atom. The summed E-state index contributed by atoms with van der Waals surface area (Å²) in [6.45, 7) is 3.57. The van der Waals surface area contributed by atoms with E-state index >= 15 is 0 Å². The fourth-order valence-electron chi connectivity index (χ4n) is 0.996. The van der Waals surface area contributed by atoms with Gasteiger partial charge in [-0.2, -0.15) is 0 Å². The number of ether oxygens (including phenoxy) is 2. The molecule has 0 saturated carbocycles. The third kappa shape index (κ3) is 5.11. The highest BCUT2D eigenvalue weighted by molar-refractivity contribution is 5.71. The zero-order valence-electron chi connectivity index (χ0n) is 8.80. The minimum atomic E-state index is -1.29. The van der Waals surface area contributed by atoms with Gasteiger partial charge in [-0.3, -0.25) is 14.4 Å². The maximum atomic E-state index is 10.7. The lowest BCUT2D eigenvalue weighted by atomic mass is 10.1. The van der Waals surface area contributed by atoms with Crippen molar-refractivity contribution < 1.29 is 29.0 Å². The molecule has 1 N–H and O–H groups in total. The molecule has 0 aromatic carbocycles. The monoisotopic (exact) mass is 218 g/mol. The normalized spacial score (nSPS) is 16.0. The second-order valence-electron chi connectivity index (χ2n) is 3.02. The van der Waals surface area contributed by atoms with E-state index < -0.39 is 30.3 Å². The maximum Gasteiger partial charge on any atom is 0.303 e. The van der Waals surface area contributed by atoms with E-state index in [-0.39, 0.29) is 0 Å². The maximum absolute atomic E-state index is 10.7. The first-order valence-corrected chi connectivity index (χ1v) is 4.36. The predicted octanol–water partition coefficient (Wildman–Crippen LogP) is -0.571. The second kappa shape index (κ2) is 6.13. The number of aldehydes is 1. The highest BCUT2D eigenvalue weighted by Gasteiger charge is 2.30. The van der Waals surface area contributed by atoms with Gasteiger partial charge in [0.25, 0.3) is 0 Å². The number of hydrogen-bond donors (Lipinski definition) is 1.